The Morgan fingerprint density at radius 3 is 2.22 bits per heavy atom. The molecule has 0 aliphatic heterocycles. The monoisotopic (exact) mass is 670 g/mol. The third-order valence-electron chi connectivity index (χ3n) is 6.79. The van der Waals surface area contributed by atoms with Crippen LogP contribution in [0.4, 0.5) is 0 Å². The van der Waals surface area contributed by atoms with Gasteiger partial charge in [0.05, 0.1) is 16.4 Å². The van der Waals surface area contributed by atoms with Gasteiger partial charge in [-0.2, -0.15) is 5.10 Å². The summed E-state index contributed by atoms with van der Waals surface area (Å²) in [7, 11) is 0. The van der Waals surface area contributed by atoms with Crippen molar-refractivity contribution >= 4 is 34.7 Å². The van der Waals surface area contributed by atoms with E-state index in [1.54, 1.807) is 6.21 Å². The number of hydrazone groups is 1. The minimum atomic E-state index is -0.217. The van der Waals surface area contributed by atoms with Gasteiger partial charge in [0.25, 0.3) is 0 Å². The van der Waals surface area contributed by atoms with Crippen LogP contribution in [0.1, 0.15) is 88.3 Å². The van der Waals surface area contributed by atoms with Crippen LogP contribution in [-0.4, -0.2) is 23.8 Å². The average Bonchev–Trinajstić information content (AvgIpc) is 2.87. The molecular formula is C34H43IN2O4. The molecule has 0 heterocycles. The van der Waals surface area contributed by atoms with Gasteiger partial charge < -0.3 is 14.6 Å². The van der Waals surface area contributed by atoms with Crippen LogP contribution in [0.5, 0.6) is 17.2 Å². The van der Waals surface area contributed by atoms with E-state index in [4.69, 9.17) is 9.47 Å². The lowest BCUT2D eigenvalue weighted by atomic mass is 9.78. The molecule has 0 aliphatic rings. The molecule has 0 saturated carbocycles. The lowest BCUT2D eigenvalue weighted by Crippen LogP contribution is -2.20. The molecule has 0 aliphatic carbocycles. The highest BCUT2D eigenvalue weighted by Crippen LogP contribution is 2.40. The molecule has 0 atom stereocenters. The number of carbonyl (C=O) groups excluding carboxylic acids is 1. The summed E-state index contributed by atoms with van der Waals surface area (Å²) in [5, 5.41) is 15.1. The van der Waals surface area contributed by atoms with Crippen molar-refractivity contribution in [1.29, 1.82) is 0 Å². The highest BCUT2D eigenvalue weighted by Gasteiger charge is 2.26. The molecule has 220 valence electrons. The first-order valence-corrected chi connectivity index (χ1v) is 15.1. The number of aromatic hydroxyl groups is 1. The van der Waals surface area contributed by atoms with Crippen molar-refractivity contribution in [2.75, 3.05) is 6.61 Å². The number of carbonyl (C=O) groups is 1. The molecule has 0 bridgehead atoms. The summed E-state index contributed by atoms with van der Waals surface area (Å²) in [4.78, 5) is 12.7. The number of phenols is 1. The summed E-state index contributed by atoms with van der Waals surface area (Å²) >= 11 is 2.23. The number of nitrogens with one attached hydrogen (secondary N) is 1. The van der Waals surface area contributed by atoms with Gasteiger partial charge in [-0.3, -0.25) is 4.79 Å². The molecule has 3 rings (SSSR count). The van der Waals surface area contributed by atoms with Gasteiger partial charge in [-0.1, -0.05) is 77.9 Å². The number of aryl methyl sites for hydroxylation is 2. The standard InChI is InChI=1S/C34H43IN2O4/c1-9-40-29-19-24(18-28(35)32(29)41-21-25-13-11-10-12-22(25)2)20-36-37-30(38)15-14-23-16-26(33(3,4)5)31(39)27(17-23)34(6,7)8/h10-13,16-20,39H,9,14-15,21H2,1-8H3,(H,37,38)/b36-20-. The number of phenolic OH excluding ortho intramolecular Hbond substituents is 1. The van der Waals surface area contributed by atoms with E-state index in [1.807, 2.05) is 43.3 Å². The van der Waals surface area contributed by atoms with Gasteiger partial charge in [-0.25, -0.2) is 5.43 Å². The molecule has 0 aromatic heterocycles. The fourth-order valence-corrected chi connectivity index (χ4v) is 5.24. The number of benzene rings is 3. The van der Waals surface area contributed by atoms with Crippen LogP contribution in [-0.2, 0) is 28.7 Å². The summed E-state index contributed by atoms with van der Waals surface area (Å²) in [6.07, 6.45) is 2.44. The minimum absolute atomic E-state index is 0.179. The van der Waals surface area contributed by atoms with Crippen molar-refractivity contribution in [3.8, 4) is 17.2 Å². The Bertz CT molecular complexity index is 1370. The predicted octanol–water partition coefficient (Wildman–Crippen LogP) is 7.96. The van der Waals surface area contributed by atoms with E-state index >= 15 is 0 Å². The zero-order valence-electron chi connectivity index (χ0n) is 25.5. The maximum absolute atomic E-state index is 12.7. The fourth-order valence-electron chi connectivity index (χ4n) is 4.46. The summed E-state index contributed by atoms with van der Waals surface area (Å²) in [5.41, 5.74) is 8.11. The molecule has 0 spiro atoms. The van der Waals surface area contributed by atoms with Crippen molar-refractivity contribution in [3.05, 3.63) is 85.5 Å². The lowest BCUT2D eigenvalue weighted by Gasteiger charge is -2.28. The van der Waals surface area contributed by atoms with Crippen LogP contribution in [0.15, 0.2) is 53.6 Å². The maximum atomic E-state index is 12.7. The van der Waals surface area contributed by atoms with Crippen molar-refractivity contribution in [2.24, 2.45) is 5.10 Å². The van der Waals surface area contributed by atoms with Gasteiger partial charge >= 0.3 is 0 Å². The van der Waals surface area contributed by atoms with E-state index in [-0.39, 0.29) is 23.2 Å². The van der Waals surface area contributed by atoms with Gasteiger partial charge in [0.15, 0.2) is 11.5 Å². The molecule has 0 radical (unpaired) electrons. The van der Waals surface area contributed by atoms with Gasteiger partial charge in [0.2, 0.25) is 5.91 Å². The molecule has 0 saturated heterocycles. The highest BCUT2D eigenvalue weighted by atomic mass is 127. The van der Waals surface area contributed by atoms with Crippen LogP contribution in [0, 0.1) is 10.5 Å². The van der Waals surface area contributed by atoms with Crippen LogP contribution >= 0.6 is 22.6 Å². The van der Waals surface area contributed by atoms with Gasteiger partial charge in [0.1, 0.15) is 12.4 Å². The Kier molecular flexibility index (Phi) is 10.9. The quantitative estimate of drug-likeness (QED) is 0.130. The maximum Gasteiger partial charge on any atom is 0.240 e. The average molecular weight is 671 g/mol. The highest BCUT2D eigenvalue weighted by molar-refractivity contribution is 14.1. The van der Waals surface area contributed by atoms with E-state index < -0.39 is 0 Å². The Balaban J connectivity index is 1.68. The Hall–Kier alpha value is -3.07. The molecule has 0 unspecified atom stereocenters. The zero-order valence-corrected chi connectivity index (χ0v) is 27.7. The van der Waals surface area contributed by atoms with Gasteiger partial charge in [-0.15, -0.1) is 0 Å². The molecule has 7 heteroatoms. The normalized spacial score (nSPS) is 12.0. The number of rotatable bonds is 10. The van der Waals surface area contributed by atoms with E-state index in [0.29, 0.717) is 36.9 Å². The van der Waals surface area contributed by atoms with Crippen LogP contribution in [0.3, 0.4) is 0 Å². The van der Waals surface area contributed by atoms with Gasteiger partial charge in [-0.05, 0) is 99.2 Å². The summed E-state index contributed by atoms with van der Waals surface area (Å²) in [6.45, 7) is 17.4. The molecule has 1 amide bonds. The third kappa shape index (κ3) is 8.96. The second-order valence-corrected chi connectivity index (χ2v) is 13.5. The number of halogens is 1. The summed E-state index contributed by atoms with van der Waals surface area (Å²) in [5.74, 6) is 1.49. The molecule has 2 N–H and O–H groups in total. The molecule has 3 aromatic rings. The molecular weight excluding hydrogens is 627 g/mol. The number of hydrogen-bond acceptors (Lipinski definition) is 5. The number of amides is 1. The lowest BCUT2D eigenvalue weighted by molar-refractivity contribution is -0.121. The first-order valence-electron chi connectivity index (χ1n) is 14.0. The first-order chi connectivity index (χ1) is 19.2. The zero-order chi connectivity index (χ0) is 30.4. The summed E-state index contributed by atoms with van der Waals surface area (Å²) in [6, 6.07) is 16.0. The van der Waals surface area contributed by atoms with Gasteiger partial charge in [0, 0.05) is 6.42 Å². The second kappa shape index (κ2) is 13.7. The molecule has 41 heavy (non-hydrogen) atoms. The van der Waals surface area contributed by atoms with Crippen molar-refractivity contribution in [1.82, 2.24) is 5.43 Å². The van der Waals surface area contributed by atoms with E-state index in [1.165, 1.54) is 5.56 Å². The minimum Gasteiger partial charge on any atom is -0.507 e. The van der Waals surface area contributed by atoms with Crippen molar-refractivity contribution < 1.29 is 19.4 Å². The number of nitrogens with zero attached hydrogens (tertiary/aromatic N) is 1. The molecule has 0 fully saturated rings. The Morgan fingerprint density at radius 2 is 1.63 bits per heavy atom. The van der Waals surface area contributed by atoms with Crippen LogP contribution < -0.4 is 14.9 Å². The van der Waals surface area contributed by atoms with E-state index in [0.717, 1.165) is 31.4 Å². The fraction of sp³-hybridized carbons (Fsp3) is 0.412. The Morgan fingerprint density at radius 1 is 1.00 bits per heavy atom. The van der Waals surface area contributed by atoms with E-state index in [2.05, 4.69) is 93.7 Å². The van der Waals surface area contributed by atoms with Crippen molar-refractivity contribution in [2.45, 2.75) is 85.7 Å². The Labute approximate surface area is 258 Å². The molecule has 3 aromatic carbocycles. The number of hydrogen-bond donors (Lipinski definition) is 2. The topological polar surface area (TPSA) is 80.2 Å². The predicted molar refractivity (Wildman–Crippen MR) is 175 cm³/mol. The second-order valence-electron chi connectivity index (χ2n) is 12.3. The first kappa shape index (κ1) is 32.4. The van der Waals surface area contributed by atoms with E-state index in [9.17, 15) is 9.90 Å². The third-order valence-corrected chi connectivity index (χ3v) is 7.60. The van der Waals surface area contributed by atoms with Crippen LogP contribution in [0.25, 0.3) is 0 Å². The molecule has 6 nitrogen and oxygen atoms in total. The van der Waals surface area contributed by atoms with Crippen molar-refractivity contribution in [3.63, 3.8) is 0 Å². The smallest absolute Gasteiger partial charge is 0.240 e. The number of ether oxygens (including phenoxy) is 2. The SMILES string of the molecule is CCOc1cc(/C=N\NC(=O)CCc2cc(C(C)(C)C)c(O)c(C(C)(C)C)c2)cc(I)c1OCc1ccccc1C. The largest absolute Gasteiger partial charge is 0.507 e. The van der Waals surface area contributed by atoms with Crippen LogP contribution in [0.2, 0.25) is 0 Å². The summed E-state index contributed by atoms with van der Waals surface area (Å²) < 4.78 is 12.9.